The molecule has 1 unspecified atom stereocenters. The van der Waals surface area contributed by atoms with Gasteiger partial charge in [-0.05, 0) is 18.8 Å². The largest absolute Gasteiger partial charge is 0.385 e. The number of carbonyl (C=O) groups excluding carboxylic acids is 1. The smallest absolute Gasteiger partial charge is 0.237 e. The summed E-state index contributed by atoms with van der Waals surface area (Å²) in [7, 11) is 1.60. The van der Waals surface area contributed by atoms with E-state index in [0.29, 0.717) is 25.5 Å². The van der Waals surface area contributed by atoms with Crippen molar-refractivity contribution in [1.82, 2.24) is 5.32 Å². The van der Waals surface area contributed by atoms with Crippen LogP contribution in [-0.2, 0) is 9.53 Å². The van der Waals surface area contributed by atoms with Gasteiger partial charge in [0.25, 0.3) is 0 Å². The number of hydrogen-bond acceptors (Lipinski definition) is 3. The first-order valence-electron chi connectivity index (χ1n) is 5.10. The number of nitrogens with two attached hydrogens (primary N) is 1. The third-order valence-corrected chi connectivity index (χ3v) is 1.99. The summed E-state index contributed by atoms with van der Waals surface area (Å²) in [5.41, 5.74) is 5.63. The summed E-state index contributed by atoms with van der Waals surface area (Å²) in [5.74, 6) is 0.521. The van der Waals surface area contributed by atoms with Crippen molar-refractivity contribution < 1.29 is 9.53 Å². The van der Waals surface area contributed by atoms with Crippen LogP contribution in [-0.4, -0.2) is 32.2 Å². The van der Waals surface area contributed by atoms with Gasteiger partial charge < -0.3 is 15.8 Å². The Labute approximate surface area is 86.2 Å². The fraction of sp³-hybridized carbons (Fsp3) is 0.900. The number of ether oxygens (including phenoxy) is 1. The molecule has 1 atom stereocenters. The van der Waals surface area contributed by atoms with Crippen molar-refractivity contribution in [2.24, 2.45) is 11.7 Å². The lowest BCUT2D eigenvalue weighted by atomic mass is 10.1. The van der Waals surface area contributed by atoms with E-state index >= 15 is 0 Å². The molecule has 4 heteroatoms. The average molecular weight is 202 g/mol. The predicted octanol–water partition coefficient (Wildman–Crippen LogP) is 0.513. The van der Waals surface area contributed by atoms with Gasteiger partial charge in [0.15, 0.2) is 0 Å². The molecule has 0 aliphatic rings. The summed E-state index contributed by atoms with van der Waals surface area (Å²) >= 11 is 0. The summed E-state index contributed by atoms with van der Waals surface area (Å²) < 4.78 is 4.85. The molecule has 14 heavy (non-hydrogen) atoms. The Morgan fingerprint density at radius 1 is 1.43 bits per heavy atom. The van der Waals surface area contributed by atoms with Gasteiger partial charge in [-0.1, -0.05) is 13.8 Å². The standard InChI is InChI=1S/C10H22N2O2/c1-8(2)4-6-12-10(13)9(11)5-7-14-3/h8-9H,4-7,11H2,1-3H3,(H,12,13). The highest BCUT2D eigenvalue weighted by Gasteiger charge is 2.11. The van der Waals surface area contributed by atoms with E-state index in [1.54, 1.807) is 7.11 Å². The highest BCUT2D eigenvalue weighted by atomic mass is 16.5. The normalized spacial score (nSPS) is 12.9. The highest BCUT2D eigenvalue weighted by molar-refractivity contribution is 5.81. The predicted molar refractivity (Wildman–Crippen MR) is 56.9 cm³/mol. The van der Waals surface area contributed by atoms with E-state index < -0.39 is 6.04 Å². The van der Waals surface area contributed by atoms with Crippen LogP contribution in [0.15, 0.2) is 0 Å². The van der Waals surface area contributed by atoms with Crippen LogP contribution >= 0.6 is 0 Å². The quantitative estimate of drug-likeness (QED) is 0.632. The molecule has 0 aromatic rings. The van der Waals surface area contributed by atoms with Crippen molar-refractivity contribution in [1.29, 1.82) is 0 Å². The molecule has 0 rings (SSSR count). The van der Waals surface area contributed by atoms with Crippen molar-refractivity contribution in [3.05, 3.63) is 0 Å². The summed E-state index contributed by atoms with van der Waals surface area (Å²) in [6.45, 7) is 5.48. The minimum atomic E-state index is -0.442. The van der Waals surface area contributed by atoms with Crippen LogP contribution in [0.2, 0.25) is 0 Å². The van der Waals surface area contributed by atoms with Crippen LogP contribution in [0.1, 0.15) is 26.7 Å². The average Bonchev–Trinajstić information content (AvgIpc) is 2.13. The maximum absolute atomic E-state index is 11.3. The van der Waals surface area contributed by atoms with Crippen LogP contribution in [0.25, 0.3) is 0 Å². The lowest BCUT2D eigenvalue weighted by molar-refractivity contribution is -0.122. The van der Waals surface area contributed by atoms with Gasteiger partial charge in [-0.15, -0.1) is 0 Å². The molecule has 0 aromatic heterocycles. The Kier molecular flexibility index (Phi) is 7.42. The van der Waals surface area contributed by atoms with Gasteiger partial charge in [0, 0.05) is 20.3 Å². The SMILES string of the molecule is COCCC(N)C(=O)NCCC(C)C. The summed E-state index contributed by atoms with van der Waals surface area (Å²) in [6.07, 6.45) is 1.56. The number of amides is 1. The second kappa shape index (κ2) is 7.76. The van der Waals surface area contributed by atoms with E-state index in [0.717, 1.165) is 6.42 Å². The minimum Gasteiger partial charge on any atom is -0.385 e. The maximum Gasteiger partial charge on any atom is 0.237 e. The number of rotatable bonds is 7. The number of hydrogen-bond donors (Lipinski definition) is 2. The second-order valence-electron chi connectivity index (χ2n) is 3.86. The van der Waals surface area contributed by atoms with Crippen molar-refractivity contribution >= 4 is 5.91 Å². The molecule has 0 aliphatic carbocycles. The molecule has 0 aliphatic heterocycles. The molecule has 0 bridgehead atoms. The zero-order valence-corrected chi connectivity index (χ0v) is 9.38. The van der Waals surface area contributed by atoms with Crippen LogP contribution in [0.5, 0.6) is 0 Å². The van der Waals surface area contributed by atoms with Gasteiger partial charge in [0.2, 0.25) is 5.91 Å². The first kappa shape index (κ1) is 13.4. The molecule has 0 heterocycles. The van der Waals surface area contributed by atoms with E-state index in [-0.39, 0.29) is 5.91 Å². The Morgan fingerprint density at radius 3 is 2.57 bits per heavy atom. The monoisotopic (exact) mass is 202 g/mol. The topological polar surface area (TPSA) is 64.3 Å². The summed E-state index contributed by atoms with van der Waals surface area (Å²) in [6, 6.07) is -0.442. The van der Waals surface area contributed by atoms with Gasteiger partial charge in [-0.2, -0.15) is 0 Å². The molecular formula is C10H22N2O2. The lowest BCUT2D eigenvalue weighted by Crippen LogP contribution is -2.41. The molecule has 0 spiro atoms. The molecule has 0 fully saturated rings. The van der Waals surface area contributed by atoms with E-state index in [4.69, 9.17) is 10.5 Å². The van der Waals surface area contributed by atoms with Gasteiger partial charge in [-0.3, -0.25) is 4.79 Å². The molecule has 4 nitrogen and oxygen atoms in total. The zero-order valence-electron chi connectivity index (χ0n) is 9.38. The van der Waals surface area contributed by atoms with Crippen LogP contribution < -0.4 is 11.1 Å². The lowest BCUT2D eigenvalue weighted by Gasteiger charge is -2.12. The third kappa shape index (κ3) is 6.86. The third-order valence-electron chi connectivity index (χ3n) is 1.99. The van der Waals surface area contributed by atoms with Crippen molar-refractivity contribution in [3.8, 4) is 0 Å². The van der Waals surface area contributed by atoms with Gasteiger partial charge in [0.05, 0.1) is 6.04 Å². The first-order valence-corrected chi connectivity index (χ1v) is 5.10. The molecular weight excluding hydrogens is 180 g/mol. The fourth-order valence-corrected chi connectivity index (χ4v) is 0.991. The number of carbonyl (C=O) groups is 1. The first-order chi connectivity index (χ1) is 6.57. The van der Waals surface area contributed by atoms with Crippen molar-refractivity contribution in [3.63, 3.8) is 0 Å². The second-order valence-corrected chi connectivity index (χ2v) is 3.86. The Balaban J connectivity index is 3.52. The van der Waals surface area contributed by atoms with E-state index in [1.807, 2.05) is 0 Å². The molecule has 0 saturated heterocycles. The van der Waals surface area contributed by atoms with E-state index in [2.05, 4.69) is 19.2 Å². The van der Waals surface area contributed by atoms with E-state index in [9.17, 15) is 4.79 Å². The number of methoxy groups -OCH3 is 1. The molecule has 3 N–H and O–H groups in total. The molecule has 0 aromatic carbocycles. The Bertz CT molecular complexity index is 160. The fourth-order valence-electron chi connectivity index (χ4n) is 0.991. The molecule has 84 valence electrons. The molecule has 0 radical (unpaired) electrons. The van der Waals surface area contributed by atoms with Gasteiger partial charge >= 0.3 is 0 Å². The number of nitrogens with one attached hydrogen (secondary N) is 1. The van der Waals surface area contributed by atoms with Gasteiger partial charge in [-0.25, -0.2) is 0 Å². The van der Waals surface area contributed by atoms with Crippen molar-refractivity contribution in [2.45, 2.75) is 32.7 Å². The summed E-state index contributed by atoms with van der Waals surface area (Å²) in [5, 5.41) is 2.80. The van der Waals surface area contributed by atoms with Crippen LogP contribution in [0.4, 0.5) is 0 Å². The Hall–Kier alpha value is -0.610. The van der Waals surface area contributed by atoms with Crippen LogP contribution in [0, 0.1) is 5.92 Å². The molecule has 1 amide bonds. The van der Waals surface area contributed by atoms with E-state index in [1.165, 1.54) is 0 Å². The summed E-state index contributed by atoms with van der Waals surface area (Å²) in [4.78, 5) is 11.3. The van der Waals surface area contributed by atoms with Gasteiger partial charge in [0.1, 0.15) is 0 Å². The maximum atomic E-state index is 11.3. The van der Waals surface area contributed by atoms with Crippen molar-refractivity contribution in [2.75, 3.05) is 20.3 Å². The van der Waals surface area contributed by atoms with Crippen LogP contribution in [0.3, 0.4) is 0 Å². The zero-order chi connectivity index (χ0) is 11.0. The highest BCUT2D eigenvalue weighted by Crippen LogP contribution is 1.97. The molecule has 0 saturated carbocycles. The Morgan fingerprint density at radius 2 is 2.07 bits per heavy atom. The minimum absolute atomic E-state index is 0.0808.